The molecule has 0 atom stereocenters. The Hall–Kier alpha value is -1.77. The summed E-state index contributed by atoms with van der Waals surface area (Å²) in [6.07, 6.45) is 1.50. The first kappa shape index (κ1) is 22.5. The average molecular weight is 189 g/mol. The first-order chi connectivity index (χ1) is 5.47. The number of carbonyl (C=O) groups excluding carboxylic acids is 3. The third-order valence-corrected chi connectivity index (χ3v) is 0.630. The highest BCUT2D eigenvalue weighted by Crippen LogP contribution is 1.69. The fourth-order valence-corrected chi connectivity index (χ4v) is 0. The predicted molar refractivity (Wildman–Crippen MR) is 47.9 cm³/mol. The van der Waals surface area contributed by atoms with E-state index in [1.54, 1.807) is 14.1 Å². The van der Waals surface area contributed by atoms with Crippen molar-refractivity contribution in [3.63, 3.8) is 0 Å². The first-order valence-corrected chi connectivity index (χ1v) is 2.73. The zero-order chi connectivity index (χ0) is 10.6. The molecular formula is C7H15N3O3. The minimum atomic E-state index is 0. The largest absolute Gasteiger partial charge is 0.349 e. The number of nitrogens with zero attached hydrogens (tertiary/aromatic N) is 1. The molecule has 0 aromatic carbocycles. The van der Waals surface area contributed by atoms with Gasteiger partial charge in [-0.25, -0.2) is 20.4 Å². The third kappa shape index (κ3) is 139. The molecule has 0 aliphatic carbocycles. The number of hydrogen-bond acceptors (Lipinski definition) is 5. The minimum Gasteiger partial charge on any atom is -0.349 e. The lowest BCUT2D eigenvalue weighted by molar-refractivity contribution is -0.126. The molecule has 6 heteroatoms. The van der Waals surface area contributed by atoms with Gasteiger partial charge in [0, 0.05) is 21.0 Å². The maximum atomic E-state index is 10.1. The maximum Gasteiger partial charge on any atom is 0.231 e. The first-order valence-electron chi connectivity index (χ1n) is 2.73. The van der Waals surface area contributed by atoms with Gasteiger partial charge in [-0.2, -0.15) is 0 Å². The quantitative estimate of drug-likeness (QED) is 0.429. The summed E-state index contributed by atoms with van der Waals surface area (Å²) < 4.78 is 0. The second-order valence-electron chi connectivity index (χ2n) is 1.62. The molecule has 6 nitrogen and oxygen atoms in total. The van der Waals surface area contributed by atoms with Gasteiger partial charge >= 0.3 is 0 Å². The summed E-state index contributed by atoms with van der Waals surface area (Å²) in [5.41, 5.74) is 0. The molecule has 0 aliphatic heterocycles. The molecule has 0 aromatic heterocycles. The van der Waals surface area contributed by atoms with Gasteiger partial charge < -0.3 is 4.90 Å². The molecule has 0 spiro atoms. The maximum absolute atomic E-state index is 10.1. The van der Waals surface area contributed by atoms with Crippen LogP contribution in [0.1, 0.15) is 14.4 Å². The van der Waals surface area contributed by atoms with E-state index in [0.717, 1.165) is 12.2 Å². The van der Waals surface area contributed by atoms with Gasteiger partial charge in [-0.3, -0.25) is 4.79 Å². The van der Waals surface area contributed by atoms with Crippen molar-refractivity contribution in [3.05, 3.63) is 0 Å². The molecule has 0 aliphatic rings. The van der Waals surface area contributed by atoms with E-state index in [0.29, 0.717) is 0 Å². The van der Waals surface area contributed by atoms with Crippen molar-refractivity contribution in [3.8, 4) is 0 Å². The second kappa shape index (κ2) is 22.5. The van der Waals surface area contributed by atoms with Crippen molar-refractivity contribution in [2.45, 2.75) is 14.4 Å². The molecule has 0 unspecified atom stereocenters. The Bertz CT molecular complexity index is 165. The summed E-state index contributed by atoms with van der Waals surface area (Å²) in [5.74, 6) is 0.0926. The molecular weight excluding hydrogens is 174 g/mol. The normalized spacial score (nSPS) is 4.85. The molecule has 1 amide bonds. The van der Waals surface area contributed by atoms with Gasteiger partial charge in [-0.15, -0.1) is 0 Å². The number of rotatable bonds is 0. The standard InChI is InChI=1S/C4H9NO.2CHNO.CH4/c1-4(6)5(2)3;2*2-1-3;/h1-3H3;2*2H;1H4. The lowest BCUT2D eigenvalue weighted by Gasteiger charge is -2.02. The van der Waals surface area contributed by atoms with Crippen LogP contribution in [0.25, 0.3) is 0 Å². The van der Waals surface area contributed by atoms with Crippen molar-refractivity contribution in [1.82, 2.24) is 4.90 Å². The molecule has 0 bridgehead atoms. The Morgan fingerprint density at radius 3 is 1.23 bits per heavy atom. The monoisotopic (exact) mass is 189 g/mol. The lowest BCUT2D eigenvalue weighted by Crippen LogP contribution is -2.17. The van der Waals surface area contributed by atoms with Crippen LogP contribution in [0.2, 0.25) is 0 Å². The van der Waals surface area contributed by atoms with Gasteiger partial charge in [0.15, 0.2) is 0 Å². The van der Waals surface area contributed by atoms with Gasteiger partial charge in [0.1, 0.15) is 0 Å². The zero-order valence-electron chi connectivity index (χ0n) is 7.17. The summed E-state index contributed by atoms with van der Waals surface area (Å²) >= 11 is 0. The smallest absolute Gasteiger partial charge is 0.231 e. The molecule has 0 aromatic rings. The average Bonchev–Trinajstić information content (AvgIpc) is 1.90. The molecule has 0 saturated heterocycles. The zero-order valence-corrected chi connectivity index (χ0v) is 7.17. The number of nitrogens with one attached hydrogen (secondary N) is 2. The molecule has 13 heavy (non-hydrogen) atoms. The molecule has 0 rings (SSSR count). The summed E-state index contributed by atoms with van der Waals surface area (Å²) in [7, 11) is 3.45. The van der Waals surface area contributed by atoms with Crippen molar-refractivity contribution in [2.75, 3.05) is 14.1 Å². The Morgan fingerprint density at radius 1 is 1.15 bits per heavy atom. The minimum absolute atomic E-state index is 0. The van der Waals surface area contributed by atoms with E-state index < -0.39 is 0 Å². The van der Waals surface area contributed by atoms with Crippen LogP contribution in [-0.4, -0.2) is 37.1 Å². The summed E-state index contributed by atoms with van der Waals surface area (Å²) in [4.78, 5) is 28.3. The highest BCUT2D eigenvalue weighted by molar-refractivity contribution is 5.72. The number of isocyanates is 2. The highest BCUT2D eigenvalue weighted by atomic mass is 16.2. The van der Waals surface area contributed by atoms with Crippen molar-refractivity contribution in [1.29, 1.82) is 10.8 Å². The van der Waals surface area contributed by atoms with Crippen LogP contribution in [0.4, 0.5) is 0 Å². The molecule has 0 heterocycles. The SMILES string of the molecule is C.CC(=O)N(C)C.N=C=O.N=C=O. The third-order valence-electron chi connectivity index (χ3n) is 0.630. The van der Waals surface area contributed by atoms with E-state index in [4.69, 9.17) is 20.4 Å². The van der Waals surface area contributed by atoms with Gasteiger partial charge in [-0.05, 0) is 0 Å². The van der Waals surface area contributed by atoms with E-state index in [1.807, 2.05) is 0 Å². The van der Waals surface area contributed by atoms with Crippen LogP contribution >= 0.6 is 0 Å². The van der Waals surface area contributed by atoms with Crippen molar-refractivity contribution < 1.29 is 14.4 Å². The molecule has 76 valence electrons. The predicted octanol–water partition coefficient (Wildman–Crippen LogP) is 0.533. The Kier molecular flexibility index (Phi) is 38.8. The van der Waals surface area contributed by atoms with Gasteiger partial charge in [0.2, 0.25) is 18.1 Å². The summed E-state index contributed by atoms with van der Waals surface area (Å²) in [6, 6.07) is 0. The molecule has 0 radical (unpaired) electrons. The number of hydrogen-bond donors (Lipinski definition) is 2. The van der Waals surface area contributed by atoms with Crippen LogP contribution in [0, 0.1) is 10.8 Å². The van der Waals surface area contributed by atoms with Gasteiger partial charge in [0.25, 0.3) is 0 Å². The van der Waals surface area contributed by atoms with Crippen LogP contribution in [-0.2, 0) is 14.4 Å². The summed E-state index contributed by atoms with van der Waals surface area (Å²) in [5, 5.41) is 10.8. The summed E-state index contributed by atoms with van der Waals surface area (Å²) in [6.45, 7) is 1.53. The van der Waals surface area contributed by atoms with Crippen molar-refractivity contribution >= 4 is 18.1 Å². The molecule has 0 fully saturated rings. The van der Waals surface area contributed by atoms with Gasteiger partial charge in [-0.1, -0.05) is 7.43 Å². The van der Waals surface area contributed by atoms with E-state index in [-0.39, 0.29) is 13.3 Å². The fraction of sp³-hybridized carbons (Fsp3) is 0.571. The van der Waals surface area contributed by atoms with Crippen LogP contribution in [0.3, 0.4) is 0 Å². The molecule has 2 N–H and O–H groups in total. The Balaban J connectivity index is -0.0000000501. The second-order valence-corrected chi connectivity index (χ2v) is 1.62. The van der Waals surface area contributed by atoms with E-state index >= 15 is 0 Å². The number of amides is 1. The molecule has 0 saturated carbocycles. The Labute approximate surface area is 77.6 Å². The van der Waals surface area contributed by atoms with E-state index in [2.05, 4.69) is 0 Å². The van der Waals surface area contributed by atoms with E-state index in [9.17, 15) is 4.79 Å². The van der Waals surface area contributed by atoms with Crippen molar-refractivity contribution in [2.24, 2.45) is 0 Å². The number of carbonyl (C=O) groups is 1. The van der Waals surface area contributed by atoms with Crippen LogP contribution in [0.5, 0.6) is 0 Å². The van der Waals surface area contributed by atoms with Crippen LogP contribution < -0.4 is 0 Å². The van der Waals surface area contributed by atoms with Gasteiger partial charge in [0.05, 0.1) is 0 Å². The Morgan fingerprint density at radius 2 is 1.23 bits per heavy atom. The van der Waals surface area contributed by atoms with E-state index in [1.165, 1.54) is 11.8 Å². The topological polar surface area (TPSA) is 102 Å². The van der Waals surface area contributed by atoms with Crippen LogP contribution in [0.15, 0.2) is 0 Å². The fourth-order valence-electron chi connectivity index (χ4n) is 0. The highest BCUT2D eigenvalue weighted by Gasteiger charge is 1.87. The lowest BCUT2D eigenvalue weighted by atomic mass is 10.7.